The molecule has 2 N–H and O–H groups in total. The molecule has 7 heteroatoms. The van der Waals surface area contributed by atoms with Crippen LogP contribution in [0.15, 0.2) is 24.3 Å². The van der Waals surface area contributed by atoms with Crippen LogP contribution >= 0.6 is 22.6 Å². The topological polar surface area (TPSA) is 87.0 Å². The second kappa shape index (κ2) is 5.04. The Labute approximate surface area is 130 Å². The fourth-order valence-corrected chi connectivity index (χ4v) is 2.95. The van der Waals surface area contributed by atoms with Crippen molar-refractivity contribution < 1.29 is 4.92 Å². The molecule has 0 spiro atoms. The minimum atomic E-state index is -0.430. The maximum Gasteiger partial charge on any atom is 0.269 e. The molecule has 2 rings (SSSR count). The molecule has 0 fully saturated rings. The first kappa shape index (κ1) is 14.8. The fraction of sp³-hybridized carbons (Fsp3) is 0.308. The molecule has 0 bridgehead atoms. The first-order valence-corrected chi connectivity index (χ1v) is 7.09. The Morgan fingerprint density at radius 1 is 1.30 bits per heavy atom. The highest BCUT2D eigenvalue weighted by atomic mass is 127. The van der Waals surface area contributed by atoms with Gasteiger partial charge in [-0.25, -0.2) is 4.68 Å². The predicted octanol–water partition coefficient (Wildman–Crippen LogP) is 3.26. The molecule has 0 saturated carbocycles. The number of anilines is 1. The maximum absolute atomic E-state index is 10.7. The molecular weight excluding hydrogens is 371 g/mol. The van der Waals surface area contributed by atoms with Crippen LogP contribution in [0.5, 0.6) is 0 Å². The van der Waals surface area contributed by atoms with Crippen LogP contribution in [-0.4, -0.2) is 14.7 Å². The van der Waals surface area contributed by atoms with Crippen molar-refractivity contribution in [3.63, 3.8) is 0 Å². The summed E-state index contributed by atoms with van der Waals surface area (Å²) in [7, 11) is 0. The molecule has 0 aliphatic rings. The Hall–Kier alpha value is -1.64. The molecule has 1 heterocycles. The highest BCUT2D eigenvalue weighted by Crippen LogP contribution is 2.31. The van der Waals surface area contributed by atoms with Gasteiger partial charge in [-0.05, 0) is 34.7 Å². The van der Waals surface area contributed by atoms with Crippen molar-refractivity contribution in [2.45, 2.75) is 26.2 Å². The highest BCUT2D eigenvalue weighted by molar-refractivity contribution is 14.1. The molecular formula is C13H15IN4O2. The molecule has 0 atom stereocenters. The quantitative estimate of drug-likeness (QED) is 0.488. The number of rotatable bonds is 2. The third-order valence-electron chi connectivity index (χ3n) is 2.88. The van der Waals surface area contributed by atoms with E-state index in [9.17, 15) is 10.1 Å². The number of nitro benzene ring substituents is 1. The van der Waals surface area contributed by atoms with E-state index in [1.807, 2.05) is 0 Å². The molecule has 0 saturated heterocycles. The average Bonchev–Trinajstić information content (AvgIpc) is 2.66. The van der Waals surface area contributed by atoms with E-state index in [0.717, 1.165) is 9.26 Å². The maximum atomic E-state index is 10.7. The lowest BCUT2D eigenvalue weighted by Crippen LogP contribution is -2.14. The Bertz CT molecular complexity index is 656. The number of hydrogen-bond acceptors (Lipinski definition) is 4. The molecule has 0 amide bonds. The van der Waals surface area contributed by atoms with Gasteiger partial charge in [0.1, 0.15) is 5.82 Å². The lowest BCUT2D eigenvalue weighted by atomic mass is 9.92. The van der Waals surface area contributed by atoms with Crippen LogP contribution < -0.4 is 5.73 Å². The van der Waals surface area contributed by atoms with Crippen molar-refractivity contribution in [1.29, 1.82) is 0 Å². The molecule has 1 aromatic carbocycles. The molecule has 0 aliphatic carbocycles. The third kappa shape index (κ3) is 2.62. The van der Waals surface area contributed by atoms with Gasteiger partial charge in [0.2, 0.25) is 0 Å². The zero-order valence-corrected chi connectivity index (χ0v) is 13.6. The van der Waals surface area contributed by atoms with Crippen LogP contribution in [0.25, 0.3) is 5.69 Å². The van der Waals surface area contributed by atoms with E-state index in [0.29, 0.717) is 11.5 Å². The SMILES string of the molecule is CC(C)(C)c1nn(-c2ccc([N+](=O)[O-])cc2)c(N)c1I. The van der Waals surface area contributed by atoms with Crippen LogP contribution in [0.4, 0.5) is 11.5 Å². The van der Waals surface area contributed by atoms with Gasteiger partial charge >= 0.3 is 0 Å². The number of non-ortho nitro benzene ring substituents is 1. The summed E-state index contributed by atoms with van der Waals surface area (Å²) in [4.78, 5) is 10.2. The van der Waals surface area contributed by atoms with Gasteiger partial charge in [-0.1, -0.05) is 20.8 Å². The monoisotopic (exact) mass is 386 g/mol. The predicted molar refractivity (Wildman–Crippen MR) is 86.0 cm³/mol. The summed E-state index contributed by atoms with van der Waals surface area (Å²) in [5, 5.41) is 15.2. The summed E-state index contributed by atoms with van der Waals surface area (Å²) in [6.45, 7) is 6.20. The number of hydrogen-bond donors (Lipinski definition) is 1. The van der Waals surface area contributed by atoms with Crippen molar-refractivity contribution in [3.05, 3.63) is 43.6 Å². The van der Waals surface area contributed by atoms with E-state index in [1.165, 1.54) is 12.1 Å². The van der Waals surface area contributed by atoms with Gasteiger partial charge in [0, 0.05) is 17.5 Å². The van der Waals surface area contributed by atoms with E-state index in [2.05, 4.69) is 48.5 Å². The molecule has 6 nitrogen and oxygen atoms in total. The summed E-state index contributed by atoms with van der Waals surface area (Å²) in [5.74, 6) is 0.546. The first-order valence-electron chi connectivity index (χ1n) is 6.01. The van der Waals surface area contributed by atoms with Gasteiger partial charge in [0.05, 0.1) is 19.9 Å². The third-order valence-corrected chi connectivity index (χ3v) is 3.94. The molecule has 20 heavy (non-hydrogen) atoms. The van der Waals surface area contributed by atoms with Gasteiger partial charge in [-0.3, -0.25) is 10.1 Å². The number of nitrogens with two attached hydrogens (primary N) is 1. The second-order valence-electron chi connectivity index (χ2n) is 5.48. The van der Waals surface area contributed by atoms with E-state index in [1.54, 1.807) is 16.8 Å². The van der Waals surface area contributed by atoms with Gasteiger partial charge in [0.15, 0.2) is 0 Å². The number of aromatic nitrogens is 2. The summed E-state index contributed by atoms with van der Waals surface area (Å²) in [6, 6.07) is 6.17. The van der Waals surface area contributed by atoms with Crippen LogP contribution in [0.3, 0.4) is 0 Å². The number of nitrogens with zero attached hydrogens (tertiary/aromatic N) is 3. The first-order chi connectivity index (χ1) is 9.21. The standard InChI is InChI=1S/C13H15IN4O2/c1-13(2,3)11-10(14)12(15)17(16-11)8-4-6-9(7-5-8)18(19)20/h4-7H,15H2,1-3H3. The molecule has 0 aliphatic heterocycles. The zero-order valence-electron chi connectivity index (χ0n) is 11.4. The van der Waals surface area contributed by atoms with Crippen molar-refractivity contribution in [2.24, 2.45) is 0 Å². The molecule has 106 valence electrons. The molecule has 1 aromatic heterocycles. The van der Waals surface area contributed by atoms with Crippen LogP contribution in [0.2, 0.25) is 0 Å². The summed E-state index contributed by atoms with van der Waals surface area (Å²) < 4.78 is 2.53. The Balaban J connectivity index is 2.51. The Kier molecular flexibility index (Phi) is 3.72. The van der Waals surface area contributed by atoms with Gasteiger partial charge < -0.3 is 5.73 Å². The number of benzene rings is 1. The average molecular weight is 386 g/mol. The fourth-order valence-electron chi connectivity index (χ4n) is 1.80. The Morgan fingerprint density at radius 2 is 1.85 bits per heavy atom. The van der Waals surface area contributed by atoms with Gasteiger partial charge in [-0.2, -0.15) is 5.10 Å². The smallest absolute Gasteiger partial charge is 0.269 e. The van der Waals surface area contributed by atoms with Crippen LogP contribution in [0.1, 0.15) is 26.5 Å². The van der Waals surface area contributed by atoms with Gasteiger partial charge in [0.25, 0.3) is 5.69 Å². The molecule has 0 unspecified atom stereocenters. The van der Waals surface area contributed by atoms with Gasteiger partial charge in [-0.15, -0.1) is 0 Å². The van der Waals surface area contributed by atoms with Crippen molar-refractivity contribution in [2.75, 3.05) is 5.73 Å². The van der Waals surface area contributed by atoms with Crippen molar-refractivity contribution in [3.8, 4) is 5.69 Å². The summed E-state index contributed by atoms with van der Waals surface area (Å²) in [5.41, 5.74) is 7.64. The van der Waals surface area contributed by atoms with E-state index >= 15 is 0 Å². The van der Waals surface area contributed by atoms with Crippen LogP contribution in [-0.2, 0) is 5.41 Å². The zero-order chi connectivity index (χ0) is 15.1. The summed E-state index contributed by atoms with van der Waals surface area (Å²) in [6.07, 6.45) is 0. The number of nitrogen functional groups attached to an aromatic ring is 1. The lowest BCUT2D eigenvalue weighted by molar-refractivity contribution is -0.384. The van der Waals surface area contributed by atoms with Crippen LogP contribution in [0, 0.1) is 13.7 Å². The van der Waals surface area contributed by atoms with E-state index in [4.69, 9.17) is 5.73 Å². The minimum Gasteiger partial charge on any atom is -0.383 e. The molecule has 0 radical (unpaired) electrons. The lowest BCUT2D eigenvalue weighted by Gasteiger charge is -2.15. The number of nitro groups is 1. The molecule has 2 aromatic rings. The second-order valence-corrected chi connectivity index (χ2v) is 6.56. The van der Waals surface area contributed by atoms with E-state index in [-0.39, 0.29) is 11.1 Å². The highest BCUT2D eigenvalue weighted by Gasteiger charge is 2.24. The largest absolute Gasteiger partial charge is 0.383 e. The normalized spacial score (nSPS) is 11.6. The van der Waals surface area contributed by atoms with Crippen molar-refractivity contribution >= 4 is 34.1 Å². The van der Waals surface area contributed by atoms with E-state index < -0.39 is 4.92 Å². The summed E-state index contributed by atoms with van der Waals surface area (Å²) >= 11 is 2.18. The minimum absolute atomic E-state index is 0.0465. The Morgan fingerprint density at radius 3 is 2.25 bits per heavy atom. The van der Waals surface area contributed by atoms with Crippen molar-refractivity contribution in [1.82, 2.24) is 9.78 Å². The number of halogens is 1.